The molecule has 4 nitrogen and oxygen atoms in total. The van der Waals surface area contributed by atoms with E-state index < -0.39 is 0 Å². The van der Waals surface area contributed by atoms with Crippen LogP contribution in [0.5, 0.6) is 17.2 Å². The lowest BCUT2D eigenvalue weighted by Crippen LogP contribution is -2.10. The summed E-state index contributed by atoms with van der Waals surface area (Å²) in [6.07, 6.45) is 0. The summed E-state index contributed by atoms with van der Waals surface area (Å²) in [5.41, 5.74) is 6.87. The first-order valence-corrected chi connectivity index (χ1v) is 6.95. The highest BCUT2D eigenvalue weighted by Crippen LogP contribution is 2.29. The van der Waals surface area contributed by atoms with E-state index in [1.54, 1.807) is 7.11 Å². The van der Waals surface area contributed by atoms with Crippen molar-refractivity contribution in [1.82, 2.24) is 0 Å². The second-order valence-electron chi connectivity index (χ2n) is 4.71. The Morgan fingerprint density at radius 2 is 1.67 bits per heavy atom. The summed E-state index contributed by atoms with van der Waals surface area (Å²) in [7, 11) is 1.62. The molecule has 0 fully saturated rings. The van der Waals surface area contributed by atoms with E-state index in [2.05, 4.69) is 0 Å². The summed E-state index contributed by atoms with van der Waals surface area (Å²) in [6, 6.07) is 15.3. The van der Waals surface area contributed by atoms with Crippen LogP contribution in [0, 0.1) is 0 Å². The Morgan fingerprint density at radius 1 is 0.952 bits per heavy atom. The first-order chi connectivity index (χ1) is 10.2. The molecule has 2 N–H and O–H groups in total. The number of methoxy groups -OCH3 is 1. The van der Waals surface area contributed by atoms with Crippen molar-refractivity contribution >= 4 is 0 Å². The average molecular weight is 287 g/mol. The van der Waals surface area contributed by atoms with Crippen LogP contribution in [0.25, 0.3) is 0 Å². The Morgan fingerprint density at radius 3 is 2.33 bits per heavy atom. The molecule has 0 aliphatic carbocycles. The Hall–Kier alpha value is -2.20. The van der Waals surface area contributed by atoms with Gasteiger partial charge in [-0.2, -0.15) is 0 Å². The zero-order valence-electron chi connectivity index (χ0n) is 12.4. The quantitative estimate of drug-likeness (QED) is 0.795. The second-order valence-corrected chi connectivity index (χ2v) is 4.71. The van der Waals surface area contributed by atoms with Crippen LogP contribution in [0.15, 0.2) is 48.5 Å². The molecular weight excluding hydrogens is 266 g/mol. The summed E-state index contributed by atoms with van der Waals surface area (Å²) in [5, 5.41) is 0. The molecule has 0 aliphatic rings. The molecular formula is C17H21NO3. The van der Waals surface area contributed by atoms with Gasteiger partial charge in [-0.1, -0.05) is 24.3 Å². The van der Waals surface area contributed by atoms with Gasteiger partial charge in [0.05, 0.1) is 7.11 Å². The molecule has 0 heterocycles. The lowest BCUT2D eigenvalue weighted by Gasteiger charge is -2.14. The smallest absolute Gasteiger partial charge is 0.161 e. The fourth-order valence-corrected chi connectivity index (χ4v) is 1.91. The van der Waals surface area contributed by atoms with Gasteiger partial charge in [-0.05, 0) is 36.8 Å². The molecule has 1 atom stereocenters. The van der Waals surface area contributed by atoms with Gasteiger partial charge < -0.3 is 19.9 Å². The van der Waals surface area contributed by atoms with Crippen molar-refractivity contribution < 1.29 is 14.2 Å². The lowest BCUT2D eigenvalue weighted by molar-refractivity contribution is 0.211. The van der Waals surface area contributed by atoms with Crippen molar-refractivity contribution in [2.24, 2.45) is 5.73 Å². The Kier molecular flexibility index (Phi) is 5.46. The van der Waals surface area contributed by atoms with Crippen LogP contribution >= 0.6 is 0 Å². The van der Waals surface area contributed by atoms with E-state index in [0.29, 0.717) is 24.7 Å². The monoisotopic (exact) mass is 287 g/mol. The number of hydrogen-bond donors (Lipinski definition) is 1. The standard InChI is InChI=1S/C17H21NO3/c1-13(18)14-8-9-16(17(12-14)19-2)21-11-10-20-15-6-4-3-5-7-15/h3-9,12-13H,10-11,18H2,1-2H3/t13-/m1/s1. The topological polar surface area (TPSA) is 53.7 Å². The average Bonchev–Trinajstić information content (AvgIpc) is 2.52. The second kappa shape index (κ2) is 7.55. The van der Waals surface area contributed by atoms with Crippen LogP contribution in [0.1, 0.15) is 18.5 Å². The molecule has 0 amide bonds. The Bertz CT molecular complexity index is 555. The van der Waals surface area contributed by atoms with Crippen LogP contribution < -0.4 is 19.9 Å². The van der Waals surface area contributed by atoms with E-state index in [4.69, 9.17) is 19.9 Å². The number of para-hydroxylation sites is 1. The summed E-state index contributed by atoms with van der Waals surface area (Å²) >= 11 is 0. The minimum Gasteiger partial charge on any atom is -0.493 e. The molecule has 2 aromatic carbocycles. The van der Waals surface area contributed by atoms with Crippen LogP contribution in [0.2, 0.25) is 0 Å². The molecule has 0 radical (unpaired) electrons. The van der Waals surface area contributed by atoms with Gasteiger partial charge in [0.1, 0.15) is 19.0 Å². The minimum atomic E-state index is -0.0330. The molecule has 2 rings (SSSR count). The van der Waals surface area contributed by atoms with Gasteiger partial charge in [-0.3, -0.25) is 0 Å². The molecule has 0 aliphatic heterocycles. The van der Waals surface area contributed by atoms with Crippen molar-refractivity contribution in [3.8, 4) is 17.2 Å². The summed E-state index contributed by atoms with van der Waals surface area (Å²) in [6.45, 7) is 2.86. The molecule has 21 heavy (non-hydrogen) atoms. The van der Waals surface area contributed by atoms with Gasteiger partial charge in [0.2, 0.25) is 0 Å². The number of rotatable bonds is 7. The largest absolute Gasteiger partial charge is 0.493 e. The molecule has 4 heteroatoms. The van der Waals surface area contributed by atoms with Crippen molar-refractivity contribution in [3.63, 3.8) is 0 Å². The molecule has 0 saturated heterocycles. The lowest BCUT2D eigenvalue weighted by atomic mass is 10.1. The highest BCUT2D eigenvalue weighted by atomic mass is 16.5. The predicted molar refractivity (Wildman–Crippen MR) is 83.0 cm³/mol. The first-order valence-electron chi connectivity index (χ1n) is 6.95. The third-order valence-electron chi connectivity index (χ3n) is 3.07. The van der Waals surface area contributed by atoms with Crippen molar-refractivity contribution in [1.29, 1.82) is 0 Å². The summed E-state index contributed by atoms with van der Waals surface area (Å²) in [5.74, 6) is 2.21. The van der Waals surface area contributed by atoms with E-state index in [9.17, 15) is 0 Å². The van der Waals surface area contributed by atoms with Crippen LogP contribution in [0.3, 0.4) is 0 Å². The highest BCUT2D eigenvalue weighted by Gasteiger charge is 2.08. The molecule has 0 aromatic heterocycles. The molecule has 0 spiro atoms. The van der Waals surface area contributed by atoms with E-state index in [1.165, 1.54) is 0 Å². The number of benzene rings is 2. The normalized spacial score (nSPS) is 11.8. The van der Waals surface area contributed by atoms with Crippen LogP contribution in [0.4, 0.5) is 0 Å². The number of ether oxygens (including phenoxy) is 3. The van der Waals surface area contributed by atoms with Crippen LogP contribution in [-0.4, -0.2) is 20.3 Å². The van der Waals surface area contributed by atoms with Crippen LogP contribution in [-0.2, 0) is 0 Å². The van der Waals surface area contributed by atoms with E-state index in [-0.39, 0.29) is 6.04 Å². The zero-order chi connectivity index (χ0) is 15.1. The predicted octanol–water partition coefficient (Wildman–Crippen LogP) is 3.17. The SMILES string of the molecule is COc1cc([C@@H](C)N)ccc1OCCOc1ccccc1. The summed E-state index contributed by atoms with van der Waals surface area (Å²) < 4.78 is 16.6. The molecule has 2 aromatic rings. The first kappa shape index (κ1) is 15.2. The number of hydrogen-bond acceptors (Lipinski definition) is 4. The highest BCUT2D eigenvalue weighted by molar-refractivity contribution is 5.43. The van der Waals surface area contributed by atoms with Gasteiger partial charge in [0, 0.05) is 6.04 Å². The third-order valence-corrected chi connectivity index (χ3v) is 3.07. The third kappa shape index (κ3) is 4.39. The molecule has 0 bridgehead atoms. The van der Waals surface area contributed by atoms with Gasteiger partial charge in [0.25, 0.3) is 0 Å². The Labute approximate surface area is 125 Å². The maximum absolute atomic E-state index is 5.86. The summed E-state index contributed by atoms with van der Waals surface area (Å²) in [4.78, 5) is 0. The minimum absolute atomic E-state index is 0.0330. The van der Waals surface area contributed by atoms with Crippen molar-refractivity contribution in [2.75, 3.05) is 20.3 Å². The van der Waals surface area contributed by atoms with Gasteiger partial charge >= 0.3 is 0 Å². The van der Waals surface area contributed by atoms with E-state index in [0.717, 1.165) is 11.3 Å². The van der Waals surface area contributed by atoms with Gasteiger partial charge in [0.15, 0.2) is 11.5 Å². The maximum atomic E-state index is 5.86. The Balaban J connectivity index is 1.88. The zero-order valence-corrected chi connectivity index (χ0v) is 12.4. The molecule has 0 saturated carbocycles. The van der Waals surface area contributed by atoms with E-state index in [1.807, 2.05) is 55.5 Å². The van der Waals surface area contributed by atoms with Gasteiger partial charge in [-0.25, -0.2) is 0 Å². The number of nitrogens with two attached hydrogens (primary N) is 1. The van der Waals surface area contributed by atoms with Gasteiger partial charge in [-0.15, -0.1) is 0 Å². The van der Waals surface area contributed by atoms with E-state index >= 15 is 0 Å². The van der Waals surface area contributed by atoms with Crippen molar-refractivity contribution in [2.45, 2.75) is 13.0 Å². The fraction of sp³-hybridized carbons (Fsp3) is 0.294. The van der Waals surface area contributed by atoms with Crippen molar-refractivity contribution in [3.05, 3.63) is 54.1 Å². The maximum Gasteiger partial charge on any atom is 0.161 e. The molecule has 0 unspecified atom stereocenters. The fourth-order valence-electron chi connectivity index (χ4n) is 1.91. The molecule has 112 valence electrons.